The van der Waals surface area contributed by atoms with Gasteiger partial charge in [-0.25, -0.2) is 14.4 Å². The molecule has 2 N–H and O–H groups in total. The molecule has 30 heavy (non-hydrogen) atoms. The van der Waals surface area contributed by atoms with Crippen molar-refractivity contribution in [2.75, 3.05) is 25.6 Å². The maximum atomic E-state index is 12.7. The Hall–Kier alpha value is -2.52. The van der Waals surface area contributed by atoms with Crippen molar-refractivity contribution in [3.05, 3.63) is 41.1 Å². The van der Waals surface area contributed by atoms with E-state index in [0.717, 1.165) is 30.1 Å². The van der Waals surface area contributed by atoms with Crippen molar-refractivity contribution in [3.63, 3.8) is 0 Å². The van der Waals surface area contributed by atoms with Gasteiger partial charge in [0.25, 0.3) is 0 Å². The predicted molar refractivity (Wildman–Crippen MR) is 111 cm³/mol. The third-order valence-corrected chi connectivity index (χ3v) is 5.97. The van der Waals surface area contributed by atoms with Crippen molar-refractivity contribution in [3.8, 4) is 0 Å². The van der Waals surface area contributed by atoms with Crippen LogP contribution in [0.2, 0.25) is 0 Å². The summed E-state index contributed by atoms with van der Waals surface area (Å²) in [5, 5.41) is 5.16. The van der Waals surface area contributed by atoms with Crippen LogP contribution in [0.15, 0.2) is 40.4 Å². The fourth-order valence-corrected chi connectivity index (χ4v) is 4.44. The number of thioether (sulfide) groups is 1. The Kier molecular flexibility index (Phi) is 7.75. The zero-order valence-electron chi connectivity index (χ0n) is 17.1. The summed E-state index contributed by atoms with van der Waals surface area (Å²) in [6, 6.07) is 6.18. The van der Waals surface area contributed by atoms with Crippen LogP contribution in [0.5, 0.6) is 0 Å². The molecule has 2 aliphatic heterocycles. The number of amides is 2. The first kappa shape index (κ1) is 22.2. The number of urea groups is 1. The Morgan fingerprint density at radius 3 is 2.77 bits per heavy atom. The Bertz CT molecular complexity index is 835. The maximum Gasteiger partial charge on any atom is 0.339 e. The van der Waals surface area contributed by atoms with Gasteiger partial charge in [-0.2, -0.15) is 0 Å². The van der Waals surface area contributed by atoms with E-state index in [0.29, 0.717) is 5.56 Å². The van der Waals surface area contributed by atoms with Gasteiger partial charge in [-0.15, -0.1) is 11.8 Å². The third-order valence-electron chi connectivity index (χ3n) is 4.77. The molecule has 162 valence electrons. The minimum Gasteiger partial charge on any atom is -0.463 e. The van der Waals surface area contributed by atoms with E-state index in [1.165, 1.54) is 0 Å². The second kappa shape index (κ2) is 10.5. The van der Waals surface area contributed by atoms with Gasteiger partial charge in [-0.05, 0) is 38.8 Å². The van der Waals surface area contributed by atoms with Gasteiger partial charge in [0.1, 0.15) is 6.61 Å². The molecule has 0 aromatic heterocycles. The first-order valence-electron chi connectivity index (χ1n) is 9.97. The van der Waals surface area contributed by atoms with Crippen LogP contribution < -0.4 is 10.6 Å². The second-order valence-electron chi connectivity index (χ2n) is 6.95. The molecule has 8 nitrogen and oxygen atoms in total. The van der Waals surface area contributed by atoms with Crippen molar-refractivity contribution in [1.29, 1.82) is 0 Å². The van der Waals surface area contributed by atoms with Crippen LogP contribution in [0.4, 0.5) is 4.79 Å². The molecule has 2 unspecified atom stereocenters. The van der Waals surface area contributed by atoms with E-state index in [-0.39, 0.29) is 30.6 Å². The van der Waals surface area contributed by atoms with Gasteiger partial charge in [0, 0.05) is 17.3 Å². The summed E-state index contributed by atoms with van der Waals surface area (Å²) < 4.78 is 16.2. The molecular formula is C21H26N2O6S. The number of esters is 2. The third kappa shape index (κ3) is 5.54. The highest BCUT2D eigenvalue weighted by Gasteiger charge is 2.30. The van der Waals surface area contributed by atoms with E-state index in [9.17, 15) is 14.4 Å². The van der Waals surface area contributed by atoms with Crippen LogP contribution in [0, 0.1) is 0 Å². The maximum absolute atomic E-state index is 12.7. The average Bonchev–Trinajstić information content (AvgIpc) is 3.24. The van der Waals surface area contributed by atoms with E-state index in [4.69, 9.17) is 14.2 Å². The van der Waals surface area contributed by atoms with Gasteiger partial charge in [0.05, 0.1) is 35.6 Å². The molecule has 0 radical (unpaired) electrons. The normalized spacial score (nSPS) is 21.1. The predicted octanol–water partition coefficient (Wildman–Crippen LogP) is 2.63. The minimum absolute atomic E-state index is 0.197. The summed E-state index contributed by atoms with van der Waals surface area (Å²) in [4.78, 5) is 37.6. The lowest BCUT2D eigenvalue weighted by atomic mass is 10.0. The van der Waals surface area contributed by atoms with Gasteiger partial charge in [0.15, 0.2) is 0 Å². The Balaban J connectivity index is 1.70. The van der Waals surface area contributed by atoms with Crippen molar-refractivity contribution in [2.24, 2.45) is 0 Å². The monoisotopic (exact) mass is 434 g/mol. The second-order valence-corrected chi connectivity index (χ2v) is 8.01. The molecule has 9 heteroatoms. The zero-order valence-corrected chi connectivity index (χ0v) is 17.9. The number of ether oxygens (including phenoxy) is 3. The summed E-state index contributed by atoms with van der Waals surface area (Å²) in [5.41, 5.74) is 0.903. The molecule has 2 atom stereocenters. The topological polar surface area (TPSA) is 103 Å². The van der Waals surface area contributed by atoms with E-state index < -0.39 is 24.0 Å². The molecular weight excluding hydrogens is 408 g/mol. The molecule has 3 rings (SSSR count). The molecule has 1 fully saturated rings. The smallest absolute Gasteiger partial charge is 0.339 e. The van der Waals surface area contributed by atoms with Crippen LogP contribution in [0.3, 0.4) is 0 Å². The minimum atomic E-state index is -0.559. The van der Waals surface area contributed by atoms with Gasteiger partial charge >= 0.3 is 18.0 Å². The number of rotatable bonds is 8. The summed E-state index contributed by atoms with van der Waals surface area (Å²) in [6.07, 6.45) is 2.28. The van der Waals surface area contributed by atoms with Gasteiger partial charge in [-0.1, -0.05) is 12.1 Å². The molecule has 2 aliphatic rings. The van der Waals surface area contributed by atoms with Crippen LogP contribution >= 0.6 is 11.8 Å². The number of hydrogen-bond donors (Lipinski definition) is 2. The number of carbonyl (C=O) groups excluding carboxylic acids is 3. The number of hydrogen-bond acceptors (Lipinski definition) is 7. The summed E-state index contributed by atoms with van der Waals surface area (Å²) in [5.74, 6) is -0.320. The summed E-state index contributed by atoms with van der Waals surface area (Å²) in [6.45, 7) is 4.11. The lowest BCUT2D eigenvalue weighted by Gasteiger charge is -2.26. The summed E-state index contributed by atoms with van der Waals surface area (Å²) in [7, 11) is 0. The molecule has 2 amide bonds. The quantitative estimate of drug-likeness (QED) is 0.479. The van der Waals surface area contributed by atoms with Crippen molar-refractivity contribution < 1.29 is 28.6 Å². The number of nitrogens with one attached hydrogen (secondary N) is 2. The fourth-order valence-electron chi connectivity index (χ4n) is 3.33. The average molecular weight is 435 g/mol. The van der Waals surface area contributed by atoms with Gasteiger partial charge in [0.2, 0.25) is 0 Å². The van der Waals surface area contributed by atoms with Crippen molar-refractivity contribution >= 4 is 29.7 Å². The number of carbonyl (C=O) groups is 3. The first-order valence-corrected chi connectivity index (χ1v) is 11.0. The lowest BCUT2D eigenvalue weighted by molar-refractivity contribution is -0.139. The highest BCUT2D eigenvalue weighted by molar-refractivity contribution is 7.99. The molecule has 1 saturated heterocycles. The largest absolute Gasteiger partial charge is 0.463 e. The lowest BCUT2D eigenvalue weighted by Crippen LogP contribution is -2.50. The van der Waals surface area contributed by atoms with Crippen LogP contribution in [-0.2, 0) is 19.0 Å². The van der Waals surface area contributed by atoms with Crippen molar-refractivity contribution in [2.45, 2.75) is 43.7 Å². The van der Waals surface area contributed by atoms with Gasteiger partial charge < -0.3 is 24.8 Å². The molecule has 0 saturated carbocycles. The molecule has 0 spiro atoms. The SMILES string of the molecule is CCOC(=O)C1=C(COC(=O)c2ccccc2SCC2CCCO2)NC(=O)NC1C. The van der Waals surface area contributed by atoms with Crippen molar-refractivity contribution in [1.82, 2.24) is 10.6 Å². The standard InChI is InChI=1S/C21H26N2O6S/c1-3-27-20(25)18-13(2)22-21(26)23-16(18)11-29-19(24)15-8-4-5-9-17(15)30-12-14-7-6-10-28-14/h4-5,8-9,13-14H,3,6-7,10-12H2,1-2H3,(H2,22,23,26). The van der Waals surface area contributed by atoms with Crippen LogP contribution in [-0.4, -0.2) is 55.7 Å². The molecule has 1 aromatic carbocycles. The highest BCUT2D eigenvalue weighted by Crippen LogP contribution is 2.27. The molecule has 0 bridgehead atoms. The first-order chi connectivity index (χ1) is 14.5. The van der Waals surface area contributed by atoms with E-state index in [1.807, 2.05) is 12.1 Å². The van der Waals surface area contributed by atoms with E-state index in [2.05, 4.69) is 10.6 Å². The Morgan fingerprint density at radius 1 is 1.23 bits per heavy atom. The van der Waals surface area contributed by atoms with E-state index >= 15 is 0 Å². The molecule has 0 aliphatic carbocycles. The molecule has 2 heterocycles. The zero-order chi connectivity index (χ0) is 21.5. The highest BCUT2D eigenvalue weighted by atomic mass is 32.2. The Labute approximate surface area is 179 Å². The van der Waals surface area contributed by atoms with E-state index in [1.54, 1.807) is 37.7 Å². The summed E-state index contributed by atoms with van der Waals surface area (Å²) >= 11 is 1.56. The van der Waals surface area contributed by atoms with Gasteiger partial charge in [-0.3, -0.25) is 0 Å². The van der Waals surface area contributed by atoms with Crippen LogP contribution in [0.1, 0.15) is 37.0 Å². The fraction of sp³-hybridized carbons (Fsp3) is 0.476. The molecule has 1 aromatic rings. The van der Waals surface area contributed by atoms with Crippen LogP contribution in [0.25, 0.3) is 0 Å². The Morgan fingerprint density at radius 2 is 2.03 bits per heavy atom. The number of benzene rings is 1.